The maximum atomic E-state index is 11.3. The Hall–Kier alpha value is -2.14. The Morgan fingerprint density at radius 3 is 2.75 bits per heavy atom. The van der Waals surface area contributed by atoms with Gasteiger partial charge in [0.25, 0.3) is 5.56 Å². The fourth-order valence-electron chi connectivity index (χ4n) is 1.47. The van der Waals surface area contributed by atoms with Crippen molar-refractivity contribution in [2.45, 2.75) is 6.42 Å². The van der Waals surface area contributed by atoms with Crippen LogP contribution in [0, 0.1) is 0 Å². The van der Waals surface area contributed by atoms with Gasteiger partial charge in [0.2, 0.25) is 5.95 Å². The van der Waals surface area contributed by atoms with Crippen molar-refractivity contribution in [3.8, 4) is 0 Å². The maximum absolute atomic E-state index is 11.3. The molecule has 0 saturated carbocycles. The quantitative estimate of drug-likeness (QED) is 0.519. The van der Waals surface area contributed by atoms with Crippen molar-refractivity contribution in [3.63, 3.8) is 0 Å². The highest BCUT2D eigenvalue weighted by atomic mass is 16.1. The van der Waals surface area contributed by atoms with Crippen LogP contribution in [0.3, 0.4) is 0 Å². The zero-order chi connectivity index (χ0) is 11.4. The highest BCUT2D eigenvalue weighted by Gasteiger charge is 2.01. The summed E-state index contributed by atoms with van der Waals surface area (Å²) in [6, 6.07) is 11.3. The molecular weight excluding hydrogens is 204 g/mol. The minimum absolute atomic E-state index is 0.214. The molecule has 2 aromatic rings. The van der Waals surface area contributed by atoms with Gasteiger partial charge in [0.15, 0.2) is 0 Å². The summed E-state index contributed by atoms with van der Waals surface area (Å²) >= 11 is 0. The summed E-state index contributed by atoms with van der Waals surface area (Å²) in [6.45, 7) is 0. The summed E-state index contributed by atoms with van der Waals surface area (Å²) in [6.07, 6.45) is 0.611. The number of nitrogens with two attached hydrogens (primary N) is 1. The molecule has 0 saturated heterocycles. The lowest BCUT2D eigenvalue weighted by atomic mass is 10.1. The van der Waals surface area contributed by atoms with Gasteiger partial charge in [0.05, 0.1) is 5.69 Å². The molecule has 0 aliphatic heterocycles. The second-order valence-corrected chi connectivity index (χ2v) is 3.39. The minimum atomic E-state index is -0.214. The lowest BCUT2D eigenvalue weighted by Crippen LogP contribution is -2.17. The van der Waals surface area contributed by atoms with Crippen LogP contribution in [0.2, 0.25) is 0 Å². The van der Waals surface area contributed by atoms with Crippen molar-refractivity contribution >= 4 is 5.95 Å². The average Bonchev–Trinajstić information content (AvgIpc) is 2.29. The maximum Gasteiger partial charge on any atom is 0.252 e. The van der Waals surface area contributed by atoms with Gasteiger partial charge in [0.1, 0.15) is 0 Å². The van der Waals surface area contributed by atoms with E-state index in [9.17, 15) is 4.79 Å². The fourth-order valence-corrected chi connectivity index (χ4v) is 1.47. The second-order valence-electron chi connectivity index (χ2n) is 3.39. The molecule has 16 heavy (non-hydrogen) atoms. The second kappa shape index (κ2) is 4.59. The summed E-state index contributed by atoms with van der Waals surface area (Å²) in [5.41, 5.74) is 3.90. The van der Waals surface area contributed by atoms with Crippen LogP contribution in [0.4, 0.5) is 5.95 Å². The summed E-state index contributed by atoms with van der Waals surface area (Å²) in [7, 11) is 0. The van der Waals surface area contributed by atoms with Gasteiger partial charge in [-0.05, 0) is 5.56 Å². The van der Waals surface area contributed by atoms with Gasteiger partial charge in [-0.25, -0.2) is 10.8 Å². The van der Waals surface area contributed by atoms with Crippen LogP contribution in [0.5, 0.6) is 0 Å². The first-order valence-electron chi connectivity index (χ1n) is 4.89. The van der Waals surface area contributed by atoms with Crippen molar-refractivity contribution < 1.29 is 0 Å². The van der Waals surface area contributed by atoms with E-state index in [0.717, 1.165) is 5.56 Å². The van der Waals surface area contributed by atoms with Crippen molar-refractivity contribution in [3.05, 3.63) is 58.0 Å². The summed E-state index contributed by atoms with van der Waals surface area (Å²) in [4.78, 5) is 17.9. The Balaban J connectivity index is 2.28. The minimum Gasteiger partial charge on any atom is -0.294 e. The van der Waals surface area contributed by atoms with Gasteiger partial charge in [-0.3, -0.25) is 15.2 Å². The summed E-state index contributed by atoms with van der Waals surface area (Å²) in [5, 5.41) is 0. The number of nitrogens with zero attached hydrogens (tertiary/aromatic N) is 1. The number of anilines is 1. The number of rotatable bonds is 3. The predicted octanol–water partition coefficient (Wildman–Crippen LogP) is 0.646. The Morgan fingerprint density at radius 1 is 1.31 bits per heavy atom. The van der Waals surface area contributed by atoms with E-state index in [4.69, 9.17) is 5.84 Å². The number of nitrogens with one attached hydrogen (secondary N) is 2. The molecule has 2 rings (SSSR count). The molecule has 1 aromatic heterocycles. The molecule has 1 aromatic carbocycles. The third-order valence-corrected chi connectivity index (χ3v) is 2.16. The number of aromatic amines is 1. The van der Waals surface area contributed by atoms with Crippen LogP contribution in [0.15, 0.2) is 41.2 Å². The van der Waals surface area contributed by atoms with Crippen molar-refractivity contribution in [2.75, 3.05) is 5.43 Å². The van der Waals surface area contributed by atoms with E-state index in [1.165, 1.54) is 6.07 Å². The summed E-state index contributed by atoms with van der Waals surface area (Å²) < 4.78 is 0. The molecule has 0 aliphatic carbocycles. The van der Waals surface area contributed by atoms with Gasteiger partial charge < -0.3 is 0 Å². The molecule has 1 heterocycles. The predicted molar refractivity (Wildman–Crippen MR) is 61.9 cm³/mol. The Bertz CT molecular complexity index is 521. The Kier molecular flexibility index (Phi) is 2.98. The van der Waals surface area contributed by atoms with Gasteiger partial charge >= 0.3 is 0 Å². The number of hydrogen-bond acceptors (Lipinski definition) is 4. The van der Waals surface area contributed by atoms with Crippen LogP contribution in [0.25, 0.3) is 0 Å². The van der Waals surface area contributed by atoms with Crippen LogP contribution < -0.4 is 16.8 Å². The van der Waals surface area contributed by atoms with Gasteiger partial charge in [0, 0.05) is 12.5 Å². The van der Waals surface area contributed by atoms with Gasteiger partial charge in [-0.2, -0.15) is 0 Å². The number of benzene rings is 1. The molecule has 0 unspecified atom stereocenters. The van der Waals surface area contributed by atoms with E-state index in [-0.39, 0.29) is 11.5 Å². The Morgan fingerprint density at radius 2 is 2.06 bits per heavy atom. The number of hydrogen-bond donors (Lipinski definition) is 3. The highest BCUT2D eigenvalue weighted by molar-refractivity contribution is 5.26. The van der Waals surface area contributed by atoms with Crippen molar-refractivity contribution in [2.24, 2.45) is 5.84 Å². The first-order valence-corrected chi connectivity index (χ1v) is 4.89. The van der Waals surface area contributed by atoms with Crippen LogP contribution in [0.1, 0.15) is 11.3 Å². The van der Waals surface area contributed by atoms with E-state index in [1.54, 1.807) is 0 Å². The fraction of sp³-hybridized carbons (Fsp3) is 0.0909. The molecule has 5 nitrogen and oxygen atoms in total. The normalized spacial score (nSPS) is 10.1. The van der Waals surface area contributed by atoms with Crippen molar-refractivity contribution in [1.82, 2.24) is 9.97 Å². The highest BCUT2D eigenvalue weighted by Crippen LogP contribution is 2.06. The molecule has 0 bridgehead atoms. The molecule has 0 atom stereocenters. The largest absolute Gasteiger partial charge is 0.294 e. The van der Waals surface area contributed by atoms with Gasteiger partial charge in [-0.1, -0.05) is 30.3 Å². The lowest BCUT2D eigenvalue weighted by Gasteiger charge is -2.03. The van der Waals surface area contributed by atoms with E-state index >= 15 is 0 Å². The standard InChI is InChI=1S/C11H12N4O/c12-15-11-13-9(7-10(16)14-11)6-8-4-2-1-3-5-8/h1-5,7H,6,12H2,(H2,13,14,15,16). The molecule has 4 N–H and O–H groups in total. The molecule has 0 spiro atoms. The first-order chi connectivity index (χ1) is 7.78. The molecule has 0 fully saturated rings. The molecule has 0 amide bonds. The zero-order valence-corrected chi connectivity index (χ0v) is 8.60. The van der Waals surface area contributed by atoms with Crippen molar-refractivity contribution in [1.29, 1.82) is 0 Å². The third kappa shape index (κ3) is 2.46. The van der Waals surface area contributed by atoms with E-state index in [2.05, 4.69) is 15.4 Å². The molecule has 0 radical (unpaired) electrons. The van der Waals surface area contributed by atoms with E-state index in [1.807, 2.05) is 30.3 Å². The SMILES string of the molecule is NNc1nc(Cc2ccccc2)cc(=O)[nH]1. The molecule has 0 aliphatic rings. The molecule has 5 heteroatoms. The third-order valence-electron chi connectivity index (χ3n) is 2.16. The number of nitrogen functional groups attached to an aromatic ring is 1. The number of hydrazine groups is 1. The monoisotopic (exact) mass is 216 g/mol. The van der Waals surface area contributed by atoms with Crippen LogP contribution >= 0.6 is 0 Å². The first kappa shape index (κ1) is 10.4. The van der Waals surface area contributed by atoms with Crippen LogP contribution in [-0.4, -0.2) is 9.97 Å². The summed E-state index contributed by atoms with van der Waals surface area (Å²) in [5.74, 6) is 5.47. The van der Waals surface area contributed by atoms with Gasteiger partial charge in [-0.15, -0.1) is 0 Å². The van der Waals surface area contributed by atoms with E-state index < -0.39 is 0 Å². The lowest BCUT2D eigenvalue weighted by molar-refractivity contribution is 0.994. The molecule has 82 valence electrons. The number of H-pyrrole nitrogens is 1. The zero-order valence-electron chi connectivity index (χ0n) is 8.60. The topological polar surface area (TPSA) is 83.8 Å². The van der Waals surface area contributed by atoms with Crippen LogP contribution in [-0.2, 0) is 6.42 Å². The van der Waals surface area contributed by atoms with E-state index in [0.29, 0.717) is 12.1 Å². The average molecular weight is 216 g/mol. The Labute approximate surface area is 92.3 Å². The number of aromatic nitrogens is 2. The smallest absolute Gasteiger partial charge is 0.252 e. The molecular formula is C11H12N4O.